The van der Waals surface area contributed by atoms with Crippen LogP contribution in [0.15, 0.2) is 66.1 Å². The first-order valence-corrected chi connectivity index (χ1v) is 10.8. The molecule has 164 valence electrons. The van der Waals surface area contributed by atoms with Crippen LogP contribution in [0.2, 0.25) is 0 Å². The molecule has 32 heavy (non-hydrogen) atoms. The van der Waals surface area contributed by atoms with Crippen LogP contribution in [0.3, 0.4) is 0 Å². The number of carbonyl (C=O) groups excluding carboxylic acids is 2. The number of hydrogen-bond acceptors (Lipinski definition) is 6. The van der Waals surface area contributed by atoms with Crippen molar-refractivity contribution in [1.82, 2.24) is 15.6 Å². The third-order valence-corrected chi connectivity index (χ3v) is 5.81. The first-order chi connectivity index (χ1) is 15.5. The summed E-state index contributed by atoms with van der Waals surface area (Å²) in [6.07, 6.45) is 5.24. The number of anilines is 1. The molecule has 7 heteroatoms. The molecule has 1 aliphatic carbocycles. The fourth-order valence-corrected chi connectivity index (χ4v) is 4.22. The molecule has 0 bridgehead atoms. The van der Waals surface area contributed by atoms with Gasteiger partial charge in [-0.15, -0.1) is 0 Å². The van der Waals surface area contributed by atoms with Crippen molar-refractivity contribution in [2.24, 2.45) is 11.7 Å². The molecule has 7 nitrogen and oxygen atoms in total. The molecule has 0 spiro atoms. The number of Topliss-reactive ketones (excluding diaryl/α,β-unsaturated/α-hetero) is 1. The van der Waals surface area contributed by atoms with Gasteiger partial charge < -0.3 is 16.4 Å². The molecule has 1 aromatic carbocycles. The minimum Gasteiger partial charge on any atom is -0.379 e. The van der Waals surface area contributed by atoms with E-state index in [0.717, 1.165) is 28.9 Å². The van der Waals surface area contributed by atoms with Crippen LogP contribution in [-0.4, -0.2) is 28.8 Å². The van der Waals surface area contributed by atoms with Gasteiger partial charge in [0, 0.05) is 48.2 Å². The van der Waals surface area contributed by atoms with E-state index in [1.54, 1.807) is 19.3 Å². The van der Waals surface area contributed by atoms with Crippen molar-refractivity contribution < 1.29 is 9.59 Å². The monoisotopic (exact) mass is 429 g/mol. The van der Waals surface area contributed by atoms with Crippen LogP contribution in [0.4, 0.5) is 5.69 Å². The lowest BCUT2D eigenvalue weighted by molar-refractivity contribution is -0.121. The Hall–Kier alpha value is -3.63. The summed E-state index contributed by atoms with van der Waals surface area (Å²) >= 11 is 0. The van der Waals surface area contributed by atoms with Crippen LogP contribution >= 0.6 is 0 Å². The van der Waals surface area contributed by atoms with Crippen LogP contribution in [0.5, 0.6) is 0 Å². The van der Waals surface area contributed by atoms with E-state index < -0.39 is 6.04 Å². The molecule has 4 atom stereocenters. The van der Waals surface area contributed by atoms with Crippen molar-refractivity contribution in [3.8, 4) is 12.0 Å². The number of para-hydroxylation sites is 1. The SMILES string of the molecule is C[C@H](N)C(=O)NC#CCC1CC(=O)C2=C(C1)NC(c1ccncc1)C2Nc1ccccc1. The summed E-state index contributed by atoms with van der Waals surface area (Å²) in [5, 5.41) is 9.65. The minimum atomic E-state index is -0.602. The zero-order valence-electron chi connectivity index (χ0n) is 18.0. The highest BCUT2D eigenvalue weighted by atomic mass is 16.2. The van der Waals surface area contributed by atoms with Crippen LogP contribution in [0.25, 0.3) is 0 Å². The van der Waals surface area contributed by atoms with Gasteiger partial charge in [0.15, 0.2) is 5.78 Å². The molecule has 0 saturated carbocycles. The summed E-state index contributed by atoms with van der Waals surface area (Å²) in [5.41, 5.74) is 9.36. The summed E-state index contributed by atoms with van der Waals surface area (Å²) in [5.74, 6) is 2.89. The molecular weight excluding hydrogens is 402 g/mol. The number of benzene rings is 1. The molecule has 5 N–H and O–H groups in total. The Morgan fingerprint density at radius 2 is 1.97 bits per heavy atom. The number of ketones is 1. The molecular formula is C25H27N5O2. The van der Waals surface area contributed by atoms with Gasteiger partial charge >= 0.3 is 0 Å². The maximum Gasteiger partial charge on any atom is 0.248 e. The fourth-order valence-electron chi connectivity index (χ4n) is 4.22. The lowest BCUT2D eigenvalue weighted by atomic mass is 9.82. The smallest absolute Gasteiger partial charge is 0.248 e. The molecule has 1 amide bonds. The van der Waals surface area contributed by atoms with Crippen molar-refractivity contribution in [3.05, 3.63) is 71.7 Å². The van der Waals surface area contributed by atoms with Gasteiger partial charge in [-0.2, -0.15) is 0 Å². The number of nitrogens with two attached hydrogens (primary N) is 1. The van der Waals surface area contributed by atoms with Crippen molar-refractivity contribution >= 4 is 17.4 Å². The summed E-state index contributed by atoms with van der Waals surface area (Å²) < 4.78 is 0. The van der Waals surface area contributed by atoms with Crippen molar-refractivity contribution in [1.29, 1.82) is 0 Å². The topological polar surface area (TPSA) is 109 Å². The van der Waals surface area contributed by atoms with E-state index in [4.69, 9.17) is 5.73 Å². The Morgan fingerprint density at radius 3 is 2.69 bits per heavy atom. The molecule has 1 aliphatic heterocycles. The van der Waals surface area contributed by atoms with E-state index in [-0.39, 0.29) is 29.7 Å². The molecule has 0 fully saturated rings. The second-order valence-corrected chi connectivity index (χ2v) is 8.26. The maximum absolute atomic E-state index is 13.2. The molecule has 0 saturated heterocycles. The number of aromatic nitrogens is 1. The first kappa shape index (κ1) is 21.6. The van der Waals surface area contributed by atoms with Gasteiger partial charge in [0.25, 0.3) is 0 Å². The van der Waals surface area contributed by atoms with Crippen LogP contribution < -0.4 is 21.7 Å². The lowest BCUT2D eigenvalue weighted by Crippen LogP contribution is -2.35. The van der Waals surface area contributed by atoms with Gasteiger partial charge in [0.1, 0.15) is 0 Å². The largest absolute Gasteiger partial charge is 0.379 e. The number of amides is 1. The van der Waals surface area contributed by atoms with E-state index in [1.807, 2.05) is 42.5 Å². The number of nitrogens with zero attached hydrogens (tertiary/aromatic N) is 1. The van der Waals surface area contributed by atoms with E-state index in [1.165, 1.54) is 0 Å². The van der Waals surface area contributed by atoms with Gasteiger partial charge in [-0.1, -0.05) is 24.1 Å². The summed E-state index contributed by atoms with van der Waals surface area (Å²) in [4.78, 5) is 28.9. The second kappa shape index (κ2) is 9.67. The Labute approximate surface area is 187 Å². The van der Waals surface area contributed by atoms with E-state index >= 15 is 0 Å². The fraction of sp³-hybridized carbons (Fsp3) is 0.320. The van der Waals surface area contributed by atoms with Gasteiger partial charge in [-0.3, -0.25) is 19.9 Å². The standard InChI is InChI=1S/C25H27N5O2/c1-16(26)25(32)28-11-5-6-17-14-20-22(21(31)15-17)24(29-19-7-3-2-4-8-19)23(30-20)18-9-12-27-13-10-18/h2-4,7-10,12-13,16-17,23-24,29-30H,6,14-15,26H2,1H3,(H,28,32)/t16-,17?,23?,24?/m0/s1. The molecule has 0 radical (unpaired) electrons. The zero-order valence-corrected chi connectivity index (χ0v) is 18.0. The second-order valence-electron chi connectivity index (χ2n) is 8.26. The predicted molar refractivity (Wildman–Crippen MR) is 123 cm³/mol. The summed E-state index contributed by atoms with van der Waals surface area (Å²) in [6.45, 7) is 1.61. The number of pyridine rings is 1. The molecule has 3 unspecified atom stereocenters. The first-order valence-electron chi connectivity index (χ1n) is 10.8. The number of allylic oxidation sites excluding steroid dienone is 1. The average Bonchev–Trinajstić information content (AvgIpc) is 3.16. The lowest BCUT2D eigenvalue weighted by Gasteiger charge is -2.25. The molecule has 4 rings (SSSR count). The maximum atomic E-state index is 13.2. The van der Waals surface area contributed by atoms with Crippen LogP contribution in [-0.2, 0) is 9.59 Å². The number of rotatable bonds is 5. The summed E-state index contributed by atoms with van der Waals surface area (Å²) in [7, 11) is 0. The highest BCUT2D eigenvalue weighted by molar-refractivity contribution is 5.99. The average molecular weight is 430 g/mol. The highest BCUT2D eigenvalue weighted by Gasteiger charge is 2.42. The summed E-state index contributed by atoms with van der Waals surface area (Å²) in [6, 6.07) is 15.7. The van der Waals surface area contributed by atoms with Crippen molar-refractivity contribution in [2.45, 2.75) is 44.3 Å². The van der Waals surface area contributed by atoms with Crippen LogP contribution in [0.1, 0.15) is 37.8 Å². The number of hydrogen-bond donors (Lipinski definition) is 4. The third kappa shape index (κ3) is 4.82. The molecule has 1 aromatic heterocycles. The Kier molecular flexibility index (Phi) is 6.52. The highest BCUT2D eigenvalue weighted by Crippen LogP contribution is 2.40. The quantitative estimate of drug-likeness (QED) is 0.429. The normalized spacial score (nSPS) is 22.8. The molecule has 2 aromatic rings. The van der Waals surface area contributed by atoms with E-state index in [0.29, 0.717) is 12.8 Å². The van der Waals surface area contributed by atoms with Crippen LogP contribution in [0, 0.1) is 17.9 Å². The Bertz CT molecular complexity index is 1070. The van der Waals surface area contributed by atoms with E-state index in [2.05, 4.69) is 32.9 Å². The Morgan fingerprint density at radius 1 is 1.22 bits per heavy atom. The number of carbonyl (C=O) groups is 2. The van der Waals surface area contributed by atoms with Gasteiger partial charge in [0.2, 0.25) is 5.91 Å². The minimum absolute atomic E-state index is 0.0673. The number of nitrogens with one attached hydrogen (secondary N) is 3. The third-order valence-electron chi connectivity index (χ3n) is 5.81. The zero-order chi connectivity index (χ0) is 22.5. The van der Waals surface area contributed by atoms with Gasteiger partial charge in [-0.25, -0.2) is 0 Å². The van der Waals surface area contributed by atoms with Gasteiger partial charge in [-0.05, 0) is 49.1 Å². The van der Waals surface area contributed by atoms with Crippen molar-refractivity contribution in [2.75, 3.05) is 5.32 Å². The molecule has 2 aliphatic rings. The predicted octanol–water partition coefficient (Wildman–Crippen LogP) is 2.25. The van der Waals surface area contributed by atoms with Crippen molar-refractivity contribution in [3.63, 3.8) is 0 Å². The van der Waals surface area contributed by atoms with Gasteiger partial charge in [0.05, 0.1) is 18.1 Å². The Balaban J connectivity index is 1.53. The van der Waals surface area contributed by atoms with E-state index in [9.17, 15) is 9.59 Å². The molecule has 2 heterocycles.